The molecule has 0 saturated carbocycles. The molecule has 1 atom stereocenters. The van der Waals surface area contributed by atoms with Gasteiger partial charge in [-0.1, -0.05) is 12.1 Å². The fourth-order valence-corrected chi connectivity index (χ4v) is 3.04. The predicted octanol–water partition coefficient (Wildman–Crippen LogP) is 2.46. The molecule has 1 N–H and O–H groups in total. The largest absolute Gasteiger partial charge is 0.485 e. The summed E-state index contributed by atoms with van der Waals surface area (Å²) in [7, 11) is 0. The maximum Gasteiger partial charge on any atom is 0.269 e. The Morgan fingerprint density at radius 1 is 1.12 bits per heavy atom. The lowest BCUT2D eigenvalue weighted by molar-refractivity contribution is -0.125. The maximum absolute atomic E-state index is 12.6. The van der Waals surface area contributed by atoms with E-state index in [1.54, 1.807) is 12.3 Å². The van der Waals surface area contributed by atoms with Gasteiger partial charge in [-0.15, -0.1) is 0 Å². The number of fused-ring (bicyclic) bond motifs is 1. The van der Waals surface area contributed by atoms with Crippen LogP contribution in [0.3, 0.4) is 0 Å². The fourth-order valence-electron chi connectivity index (χ4n) is 3.04. The molecular weight excluding hydrogens is 306 g/mol. The zero-order valence-corrected chi connectivity index (χ0v) is 13.3. The lowest BCUT2D eigenvalue weighted by atomic mass is 10.2. The molecule has 4 rings (SSSR count). The second kappa shape index (κ2) is 6.39. The standard InChI is InChI=1S/C18H19N3O3/c22-18(16-12-23-14-7-1-2-8-15(14)24-16)20-13-6-5-9-19-17(13)21-10-3-4-11-21/h1-2,5-9,16H,3-4,10-12H2,(H,20,22). The maximum atomic E-state index is 12.6. The van der Waals surface area contributed by atoms with E-state index in [9.17, 15) is 4.79 Å². The number of nitrogens with zero attached hydrogens (tertiary/aromatic N) is 2. The van der Waals surface area contributed by atoms with Crippen LogP contribution in [0.1, 0.15) is 12.8 Å². The van der Waals surface area contributed by atoms with Gasteiger partial charge in [0, 0.05) is 19.3 Å². The minimum Gasteiger partial charge on any atom is -0.485 e. The van der Waals surface area contributed by atoms with Gasteiger partial charge in [0.05, 0.1) is 5.69 Å². The van der Waals surface area contributed by atoms with Crippen molar-refractivity contribution in [3.8, 4) is 11.5 Å². The van der Waals surface area contributed by atoms with Crippen LogP contribution in [-0.2, 0) is 4.79 Å². The summed E-state index contributed by atoms with van der Waals surface area (Å²) in [5, 5.41) is 2.94. The summed E-state index contributed by atoms with van der Waals surface area (Å²) in [6.45, 7) is 2.13. The lowest BCUT2D eigenvalue weighted by Crippen LogP contribution is -2.40. The van der Waals surface area contributed by atoms with Crippen molar-refractivity contribution in [2.45, 2.75) is 18.9 Å². The Hall–Kier alpha value is -2.76. The van der Waals surface area contributed by atoms with E-state index in [-0.39, 0.29) is 12.5 Å². The third kappa shape index (κ3) is 2.87. The van der Waals surface area contributed by atoms with Gasteiger partial charge in [-0.25, -0.2) is 4.98 Å². The Balaban J connectivity index is 1.49. The minimum atomic E-state index is -0.675. The van der Waals surface area contributed by atoms with Gasteiger partial charge in [-0.2, -0.15) is 0 Å². The summed E-state index contributed by atoms with van der Waals surface area (Å²) in [6, 6.07) is 11.1. The number of anilines is 2. The topological polar surface area (TPSA) is 63.7 Å². The lowest BCUT2D eigenvalue weighted by Gasteiger charge is -2.26. The molecule has 3 heterocycles. The second-order valence-electron chi connectivity index (χ2n) is 5.92. The summed E-state index contributed by atoms with van der Waals surface area (Å²) in [5.41, 5.74) is 0.715. The van der Waals surface area contributed by atoms with Crippen LogP contribution in [0.2, 0.25) is 0 Å². The van der Waals surface area contributed by atoms with Crippen LogP contribution in [0.4, 0.5) is 11.5 Å². The van der Waals surface area contributed by atoms with E-state index in [4.69, 9.17) is 9.47 Å². The molecule has 124 valence electrons. The second-order valence-corrected chi connectivity index (χ2v) is 5.92. The molecule has 0 bridgehead atoms. The van der Waals surface area contributed by atoms with Gasteiger partial charge in [-0.05, 0) is 37.1 Å². The summed E-state index contributed by atoms with van der Waals surface area (Å²) in [4.78, 5) is 19.2. The van der Waals surface area contributed by atoms with Crippen LogP contribution in [-0.4, -0.2) is 36.7 Å². The SMILES string of the molecule is O=C(Nc1cccnc1N1CCCC1)C1COc2ccccc2O1. The van der Waals surface area contributed by atoms with Crippen molar-refractivity contribution in [3.05, 3.63) is 42.6 Å². The summed E-state index contributed by atoms with van der Waals surface area (Å²) < 4.78 is 11.4. The molecule has 0 radical (unpaired) electrons. The van der Waals surface area contributed by atoms with Gasteiger partial charge >= 0.3 is 0 Å². The van der Waals surface area contributed by atoms with E-state index in [2.05, 4.69) is 15.2 Å². The number of aromatic nitrogens is 1. The van der Waals surface area contributed by atoms with Crippen LogP contribution < -0.4 is 19.7 Å². The number of carbonyl (C=O) groups excluding carboxylic acids is 1. The first kappa shape index (κ1) is 14.8. The number of hydrogen-bond donors (Lipinski definition) is 1. The number of pyridine rings is 1. The average Bonchev–Trinajstić information content (AvgIpc) is 3.16. The number of carbonyl (C=O) groups is 1. The van der Waals surface area contributed by atoms with Crippen molar-refractivity contribution in [1.29, 1.82) is 0 Å². The van der Waals surface area contributed by atoms with E-state index in [0.717, 1.165) is 31.7 Å². The van der Waals surface area contributed by atoms with Gasteiger partial charge in [0.1, 0.15) is 6.61 Å². The first-order valence-electron chi connectivity index (χ1n) is 8.20. The number of benzene rings is 1. The summed E-state index contributed by atoms with van der Waals surface area (Å²) in [6.07, 6.45) is 3.38. The molecule has 1 amide bonds. The van der Waals surface area contributed by atoms with Gasteiger partial charge in [0.2, 0.25) is 6.10 Å². The van der Waals surface area contributed by atoms with Gasteiger partial charge in [-0.3, -0.25) is 4.79 Å². The van der Waals surface area contributed by atoms with Crippen LogP contribution in [0.15, 0.2) is 42.6 Å². The van der Waals surface area contributed by atoms with Gasteiger partial charge < -0.3 is 19.7 Å². The zero-order valence-electron chi connectivity index (χ0n) is 13.3. The number of amides is 1. The highest BCUT2D eigenvalue weighted by Gasteiger charge is 2.28. The molecule has 1 aromatic carbocycles. The highest BCUT2D eigenvalue weighted by atomic mass is 16.6. The molecule has 2 aliphatic rings. The summed E-state index contributed by atoms with van der Waals surface area (Å²) >= 11 is 0. The molecule has 1 saturated heterocycles. The fraction of sp³-hybridized carbons (Fsp3) is 0.333. The molecule has 2 aliphatic heterocycles. The minimum absolute atomic E-state index is 0.197. The molecule has 6 nitrogen and oxygen atoms in total. The van der Waals surface area contributed by atoms with E-state index in [1.807, 2.05) is 30.3 Å². The number of para-hydroxylation sites is 2. The van der Waals surface area contributed by atoms with Gasteiger partial charge in [0.25, 0.3) is 5.91 Å². The monoisotopic (exact) mass is 325 g/mol. The van der Waals surface area contributed by atoms with E-state index >= 15 is 0 Å². The molecule has 0 aliphatic carbocycles. The van der Waals surface area contributed by atoms with Crippen molar-refractivity contribution >= 4 is 17.4 Å². The molecule has 2 aromatic rings. The molecular formula is C18H19N3O3. The molecule has 6 heteroatoms. The summed E-state index contributed by atoms with van der Waals surface area (Å²) in [5.74, 6) is 1.86. The van der Waals surface area contributed by atoms with Crippen molar-refractivity contribution in [3.63, 3.8) is 0 Å². The Morgan fingerprint density at radius 2 is 1.92 bits per heavy atom. The molecule has 24 heavy (non-hydrogen) atoms. The van der Waals surface area contributed by atoms with E-state index in [0.29, 0.717) is 17.2 Å². The first-order valence-corrected chi connectivity index (χ1v) is 8.20. The smallest absolute Gasteiger partial charge is 0.269 e. The van der Waals surface area contributed by atoms with Crippen LogP contribution in [0.5, 0.6) is 11.5 Å². The number of nitrogens with one attached hydrogen (secondary N) is 1. The van der Waals surface area contributed by atoms with Crippen molar-refractivity contribution < 1.29 is 14.3 Å². The predicted molar refractivity (Wildman–Crippen MR) is 90.7 cm³/mol. The Morgan fingerprint density at radius 3 is 2.75 bits per heavy atom. The Bertz CT molecular complexity index is 744. The number of rotatable bonds is 3. The third-order valence-corrected chi connectivity index (χ3v) is 4.25. The van der Waals surface area contributed by atoms with Crippen LogP contribution in [0.25, 0.3) is 0 Å². The quantitative estimate of drug-likeness (QED) is 0.939. The van der Waals surface area contributed by atoms with Gasteiger partial charge in [0.15, 0.2) is 17.3 Å². The van der Waals surface area contributed by atoms with Crippen molar-refractivity contribution in [2.75, 3.05) is 29.9 Å². The van der Waals surface area contributed by atoms with Crippen LogP contribution >= 0.6 is 0 Å². The Labute approximate surface area is 140 Å². The van der Waals surface area contributed by atoms with E-state index < -0.39 is 6.10 Å². The first-order chi connectivity index (χ1) is 11.8. The normalized spacial score (nSPS) is 19.2. The van der Waals surface area contributed by atoms with E-state index in [1.165, 1.54) is 0 Å². The number of ether oxygens (including phenoxy) is 2. The third-order valence-electron chi connectivity index (χ3n) is 4.25. The number of hydrogen-bond acceptors (Lipinski definition) is 5. The van der Waals surface area contributed by atoms with Crippen molar-refractivity contribution in [2.24, 2.45) is 0 Å². The average molecular weight is 325 g/mol. The van der Waals surface area contributed by atoms with Crippen molar-refractivity contribution in [1.82, 2.24) is 4.98 Å². The molecule has 0 spiro atoms. The molecule has 1 aromatic heterocycles. The molecule has 1 fully saturated rings. The highest BCUT2D eigenvalue weighted by Crippen LogP contribution is 2.32. The van der Waals surface area contributed by atoms with Crippen LogP contribution in [0, 0.1) is 0 Å². The highest BCUT2D eigenvalue weighted by molar-refractivity contribution is 5.97. The zero-order chi connectivity index (χ0) is 16.4. The Kier molecular flexibility index (Phi) is 3.94. The molecule has 1 unspecified atom stereocenters.